The predicted octanol–water partition coefficient (Wildman–Crippen LogP) is 3.88. The number of carbonyl (C=O) groups is 1. The van der Waals surface area contributed by atoms with Gasteiger partial charge < -0.3 is 5.32 Å². The van der Waals surface area contributed by atoms with Crippen molar-refractivity contribution in [3.8, 4) is 0 Å². The first-order chi connectivity index (χ1) is 9.08. The fraction of sp³-hybridized carbons (Fsp3) is 0.143. The number of benzene rings is 1. The van der Waals surface area contributed by atoms with Crippen LogP contribution in [-0.4, -0.2) is 10.9 Å². The van der Waals surface area contributed by atoms with Crippen molar-refractivity contribution >= 4 is 29.1 Å². The Labute approximate surface area is 121 Å². The quantitative estimate of drug-likeness (QED) is 0.873. The van der Waals surface area contributed by atoms with E-state index in [4.69, 9.17) is 23.2 Å². The van der Waals surface area contributed by atoms with E-state index in [1.165, 1.54) is 6.07 Å². The molecule has 2 aromatic rings. The molecule has 1 atom stereocenters. The normalized spacial score (nSPS) is 11.9. The first-order valence-electron chi connectivity index (χ1n) is 5.76. The second kappa shape index (κ2) is 6.04. The summed E-state index contributed by atoms with van der Waals surface area (Å²) in [5.74, 6) is -0.273. The van der Waals surface area contributed by atoms with Gasteiger partial charge in [-0.1, -0.05) is 53.5 Å². The van der Waals surface area contributed by atoms with Gasteiger partial charge in [-0.05, 0) is 24.6 Å². The third-order valence-electron chi connectivity index (χ3n) is 2.71. The highest BCUT2D eigenvalue weighted by molar-refractivity contribution is 6.34. The molecule has 0 radical (unpaired) electrons. The summed E-state index contributed by atoms with van der Waals surface area (Å²) in [5, 5.41) is 3.23. The number of amides is 1. The average Bonchev–Trinajstić information content (AvgIpc) is 2.39. The zero-order chi connectivity index (χ0) is 13.8. The van der Waals surface area contributed by atoms with Gasteiger partial charge in [0.1, 0.15) is 10.3 Å². The molecule has 5 heteroatoms. The van der Waals surface area contributed by atoms with Gasteiger partial charge in [-0.15, -0.1) is 0 Å². The summed E-state index contributed by atoms with van der Waals surface area (Å²) in [4.78, 5) is 15.9. The van der Waals surface area contributed by atoms with Crippen LogP contribution in [0.5, 0.6) is 0 Å². The van der Waals surface area contributed by atoms with Crippen LogP contribution in [0.1, 0.15) is 28.9 Å². The smallest absolute Gasteiger partial charge is 0.254 e. The van der Waals surface area contributed by atoms with Gasteiger partial charge in [0.2, 0.25) is 0 Å². The number of carbonyl (C=O) groups excluding carboxylic acids is 1. The average molecular weight is 295 g/mol. The van der Waals surface area contributed by atoms with E-state index in [1.54, 1.807) is 6.07 Å². The van der Waals surface area contributed by atoms with Gasteiger partial charge in [0.25, 0.3) is 5.91 Å². The summed E-state index contributed by atoms with van der Waals surface area (Å²) >= 11 is 11.6. The summed E-state index contributed by atoms with van der Waals surface area (Å²) in [6.07, 6.45) is 0. The van der Waals surface area contributed by atoms with Crippen LogP contribution in [-0.2, 0) is 0 Å². The van der Waals surface area contributed by atoms with E-state index >= 15 is 0 Å². The van der Waals surface area contributed by atoms with Crippen molar-refractivity contribution in [1.82, 2.24) is 10.3 Å². The topological polar surface area (TPSA) is 42.0 Å². The molecule has 0 bridgehead atoms. The lowest BCUT2D eigenvalue weighted by atomic mass is 10.1. The van der Waals surface area contributed by atoms with Crippen LogP contribution >= 0.6 is 23.2 Å². The minimum absolute atomic E-state index is 0.102. The number of nitrogens with one attached hydrogen (secondary N) is 1. The molecular weight excluding hydrogens is 283 g/mol. The number of hydrogen-bond donors (Lipinski definition) is 1. The van der Waals surface area contributed by atoms with Crippen LogP contribution in [0.4, 0.5) is 0 Å². The van der Waals surface area contributed by atoms with Crippen molar-refractivity contribution in [3.05, 3.63) is 63.9 Å². The maximum atomic E-state index is 12.1. The van der Waals surface area contributed by atoms with Crippen molar-refractivity contribution in [2.24, 2.45) is 0 Å². The van der Waals surface area contributed by atoms with Crippen LogP contribution in [0.15, 0.2) is 42.5 Å². The van der Waals surface area contributed by atoms with Gasteiger partial charge in [0.05, 0.1) is 11.6 Å². The third kappa shape index (κ3) is 3.46. The standard InChI is InChI=1S/C14H12Cl2N2O/c1-9(10-5-3-2-4-6-10)17-14(19)11-7-8-12(15)18-13(11)16/h2-9H,1H3,(H,17,19). The summed E-state index contributed by atoms with van der Waals surface area (Å²) in [7, 11) is 0. The second-order valence-electron chi connectivity index (χ2n) is 4.08. The van der Waals surface area contributed by atoms with E-state index in [0.717, 1.165) is 5.56 Å². The SMILES string of the molecule is CC(NC(=O)c1ccc(Cl)nc1Cl)c1ccccc1. The van der Waals surface area contributed by atoms with Crippen molar-refractivity contribution in [2.75, 3.05) is 0 Å². The van der Waals surface area contributed by atoms with E-state index in [9.17, 15) is 4.79 Å². The molecule has 0 aliphatic carbocycles. The highest BCUT2D eigenvalue weighted by Gasteiger charge is 2.15. The van der Waals surface area contributed by atoms with E-state index in [-0.39, 0.29) is 22.3 Å². The van der Waals surface area contributed by atoms with Crippen LogP contribution in [0, 0.1) is 0 Å². The molecule has 3 nitrogen and oxygen atoms in total. The number of hydrogen-bond acceptors (Lipinski definition) is 2. The third-order valence-corrected chi connectivity index (χ3v) is 3.21. The van der Waals surface area contributed by atoms with Gasteiger partial charge in [0.15, 0.2) is 0 Å². The Hall–Kier alpha value is -1.58. The molecule has 0 fully saturated rings. The number of halogens is 2. The predicted molar refractivity (Wildman–Crippen MR) is 76.6 cm³/mol. The van der Waals surface area contributed by atoms with Gasteiger partial charge in [-0.3, -0.25) is 4.79 Å². The van der Waals surface area contributed by atoms with Crippen molar-refractivity contribution < 1.29 is 4.79 Å². The van der Waals surface area contributed by atoms with Gasteiger partial charge >= 0.3 is 0 Å². The fourth-order valence-corrected chi connectivity index (χ4v) is 2.11. The zero-order valence-electron chi connectivity index (χ0n) is 10.2. The fourth-order valence-electron chi connectivity index (χ4n) is 1.68. The summed E-state index contributed by atoms with van der Waals surface area (Å²) in [5.41, 5.74) is 1.34. The Bertz CT molecular complexity index is 587. The maximum absolute atomic E-state index is 12.1. The monoisotopic (exact) mass is 294 g/mol. The number of rotatable bonds is 3. The lowest BCUT2D eigenvalue weighted by molar-refractivity contribution is 0.0939. The molecule has 19 heavy (non-hydrogen) atoms. The Morgan fingerprint density at radius 1 is 1.16 bits per heavy atom. The minimum Gasteiger partial charge on any atom is -0.345 e. The molecule has 98 valence electrons. The highest BCUT2D eigenvalue weighted by atomic mass is 35.5. The molecule has 0 aliphatic rings. The maximum Gasteiger partial charge on any atom is 0.254 e. The number of nitrogens with zero attached hydrogens (tertiary/aromatic N) is 1. The highest BCUT2D eigenvalue weighted by Crippen LogP contribution is 2.18. The van der Waals surface area contributed by atoms with Crippen LogP contribution in [0.25, 0.3) is 0 Å². The number of pyridine rings is 1. The van der Waals surface area contributed by atoms with Gasteiger partial charge in [0, 0.05) is 0 Å². The zero-order valence-corrected chi connectivity index (χ0v) is 11.7. The van der Waals surface area contributed by atoms with Crippen LogP contribution in [0.3, 0.4) is 0 Å². The summed E-state index contributed by atoms with van der Waals surface area (Å²) in [6.45, 7) is 1.91. The van der Waals surface area contributed by atoms with Gasteiger partial charge in [-0.25, -0.2) is 4.98 Å². The Kier molecular flexibility index (Phi) is 4.40. The molecule has 1 unspecified atom stereocenters. The summed E-state index contributed by atoms with van der Waals surface area (Å²) < 4.78 is 0. The largest absolute Gasteiger partial charge is 0.345 e. The van der Waals surface area contributed by atoms with E-state index in [2.05, 4.69) is 10.3 Å². The molecule has 1 heterocycles. The molecule has 2 rings (SSSR count). The Balaban J connectivity index is 2.13. The minimum atomic E-state index is -0.273. The Morgan fingerprint density at radius 2 is 1.84 bits per heavy atom. The molecule has 0 aliphatic heterocycles. The van der Waals surface area contributed by atoms with E-state index in [0.29, 0.717) is 5.56 Å². The first kappa shape index (κ1) is 13.8. The lowest BCUT2D eigenvalue weighted by Crippen LogP contribution is -2.27. The van der Waals surface area contributed by atoms with Crippen molar-refractivity contribution in [1.29, 1.82) is 0 Å². The Morgan fingerprint density at radius 3 is 2.47 bits per heavy atom. The molecule has 1 aromatic carbocycles. The van der Waals surface area contributed by atoms with E-state index in [1.807, 2.05) is 37.3 Å². The van der Waals surface area contributed by atoms with E-state index < -0.39 is 0 Å². The molecule has 0 spiro atoms. The van der Waals surface area contributed by atoms with Crippen molar-refractivity contribution in [3.63, 3.8) is 0 Å². The molecule has 1 aromatic heterocycles. The molecule has 1 amide bonds. The van der Waals surface area contributed by atoms with Crippen molar-refractivity contribution in [2.45, 2.75) is 13.0 Å². The van der Waals surface area contributed by atoms with Gasteiger partial charge in [-0.2, -0.15) is 0 Å². The molecular formula is C14H12Cl2N2O. The first-order valence-corrected chi connectivity index (χ1v) is 6.51. The number of aromatic nitrogens is 1. The molecule has 1 N–H and O–H groups in total. The van der Waals surface area contributed by atoms with Crippen LogP contribution in [0.2, 0.25) is 10.3 Å². The molecule has 0 saturated carbocycles. The lowest BCUT2D eigenvalue weighted by Gasteiger charge is -2.14. The second-order valence-corrected chi connectivity index (χ2v) is 4.82. The summed E-state index contributed by atoms with van der Waals surface area (Å²) in [6, 6.07) is 12.7. The molecule has 0 saturated heterocycles. The van der Waals surface area contributed by atoms with Crippen LogP contribution < -0.4 is 5.32 Å².